The molecule has 0 fully saturated rings. The number of para-hydroxylation sites is 1. The zero-order valence-corrected chi connectivity index (χ0v) is 20.8. The average Bonchev–Trinajstić information content (AvgIpc) is 2.88. The van der Waals surface area contributed by atoms with Gasteiger partial charge in [0.25, 0.3) is 0 Å². The van der Waals surface area contributed by atoms with Crippen molar-refractivity contribution < 1.29 is 17.9 Å². The van der Waals surface area contributed by atoms with Crippen LogP contribution < -0.4 is 9.64 Å². The van der Waals surface area contributed by atoms with Crippen molar-refractivity contribution in [1.29, 1.82) is 0 Å². The first-order chi connectivity index (χ1) is 17.3. The van der Waals surface area contributed by atoms with E-state index in [2.05, 4.69) is 0 Å². The van der Waals surface area contributed by atoms with Gasteiger partial charge in [0.15, 0.2) is 0 Å². The highest BCUT2D eigenvalue weighted by Crippen LogP contribution is 2.40. The summed E-state index contributed by atoms with van der Waals surface area (Å²) < 4.78 is 32.9. The summed E-state index contributed by atoms with van der Waals surface area (Å²) in [6.07, 6.45) is 1.43. The minimum absolute atomic E-state index is 0.102. The van der Waals surface area contributed by atoms with Gasteiger partial charge in [-0.1, -0.05) is 66.2 Å². The number of aryl methyl sites for hydroxylation is 2. The SMILES string of the molecule is Cc1ccc(C(=O)C2=CN(c3ccc(OCc4ccccc4)cc3)c3ccccc3S2(=O)=O)c(C)c1. The molecule has 0 amide bonds. The molecule has 0 radical (unpaired) electrons. The summed E-state index contributed by atoms with van der Waals surface area (Å²) in [4.78, 5) is 15.1. The first-order valence-corrected chi connectivity index (χ1v) is 13.1. The van der Waals surface area contributed by atoms with Gasteiger partial charge in [0.1, 0.15) is 17.3 Å². The average molecular weight is 496 g/mol. The Hall–Kier alpha value is -4.16. The Morgan fingerprint density at radius 2 is 1.53 bits per heavy atom. The van der Waals surface area contributed by atoms with E-state index in [4.69, 9.17) is 4.74 Å². The molecular weight excluding hydrogens is 470 g/mol. The Morgan fingerprint density at radius 1 is 0.833 bits per heavy atom. The number of hydrogen-bond donors (Lipinski definition) is 0. The van der Waals surface area contributed by atoms with E-state index < -0.39 is 15.6 Å². The number of Topliss-reactive ketones (excluding diaryl/α,β-unsaturated/α-hetero) is 1. The number of ketones is 1. The van der Waals surface area contributed by atoms with Crippen LogP contribution in [0.1, 0.15) is 27.0 Å². The summed E-state index contributed by atoms with van der Waals surface area (Å²) in [5, 5.41) is 0. The van der Waals surface area contributed by atoms with Crippen LogP contribution in [0.4, 0.5) is 11.4 Å². The van der Waals surface area contributed by atoms with Gasteiger partial charge in [0.2, 0.25) is 15.6 Å². The van der Waals surface area contributed by atoms with Gasteiger partial charge in [0.05, 0.1) is 10.6 Å². The number of allylic oxidation sites excluding steroid dienone is 1. The highest BCUT2D eigenvalue weighted by Gasteiger charge is 2.36. The lowest BCUT2D eigenvalue weighted by atomic mass is 10.0. The quantitative estimate of drug-likeness (QED) is 0.285. The van der Waals surface area contributed by atoms with Crippen LogP contribution in [0.5, 0.6) is 5.75 Å². The van der Waals surface area contributed by atoms with Crippen LogP contribution in [0.15, 0.2) is 113 Å². The fraction of sp³-hybridized carbons (Fsp3) is 0.100. The zero-order valence-electron chi connectivity index (χ0n) is 20.0. The molecule has 6 heteroatoms. The molecule has 4 aromatic carbocycles. The number of ether oxygens (including phenoxy) is 1. The van der Waals surface area contributed by atoms with Crippen LogP contribution in [0.25, 0.3) is 0 Å². The number of benzene rings is 4. The summed E-state index contributed by atoms with van der Waals surface area (Å²) >= 11 is 0. The second-order valence-corrected chi connectivity index (χ2v) is 10.6. The van der Waals surface area contributed by atoms with Crippen LogP contribution in [0.2, 0.25) is 0 Å². The minimum atomic E-state index is -4.00. The topological polar surface area (TPSA) is 63.7 Å². The Labute approximate surface area is 211 Å². The lowest BCUT2D eigenvalue weighted by Crippen LogP contribution is -2.26. The summed E-state index contributed by atoms with van der Waals surface area (Å²) in [7, 11) is -4.00. The Morgan fingerprint density at radius 3 is 2.25 bits per heavy atom. The van der Waals surface area contributed by atoms with E-state index in [0.29, 0.717) is 23.6 Å². The van der Waals surface area contributed by atoms with Crippen LogP contribution in [-0.4, -0.2) is 14.2 Å². The van der Waals surface area contributed by atoms with Gasteiger partial charge in [-0.3, -0.25) is 4.79 Å². The van der Waals surface area contributed by atoms with Crippen molar-refractivity contribution in [3.8, 4) is 5.75 Å². The standard InChI is InChI=1S/C30H25NO4S/c1-21-12-17-26(22(2)18-21)30(32)29-19-31(27-10-6-7-11-28(27)36(29,33)34)24-13-15-25(16-14-24)35-20-23-8-4-3-5-9-23/h3-19H,20H2,1-2H3. The molecule has 1 aliphatic rings. The molecule has 1 aliphatic heterocycles. The first-order valence-electron chi connectivity index (χ1n) is 11.6. The third-order valence-corrected chi connectivity index (χ3v) is 7.96. The predicted octanol–water partition coefficient (Wildman–Crippen LogP) is 6.53. The molecule has 0 N–H and O–H groups in total. The van der Waals surface area contributed by atoms with Crippen LogP contribution in [0.3, 0.4) is 0 Å². The molecule has 0 saturated carbocycles. The summed E-state index contributed by atoms with van der Waals surface area (Å²) in [6, 6.07) is 29.4. The van der Waals surface area contributed by atoms with Crippen molar-refractivity contribution in [3.05, 3.63) is 130 Å². The van der Waals surface area contributed by atoms with Crippen molar-refractivity contribution in [2.24, 2.45) is 0 Å². The van der Waals surface area contributed by atoms with Gasteiger partial charge in [-0.15, -0.1) is 0 Å². The second-order valence-electron chi connectivity index (χ2n) is 8.75. The van der Waals surface area contributed by atoms with E-state index in [9.17, 15) is 13.2 Å². The van der Waals surface area contributed by atoms with E-state index in [1.807, 2.05) is 80.6 Å². The highest BCUT2D eigenvalue weighted by molar-refractivity contribution is 7.96. The van der Waals surface area contributed by atoms with E-state index in [1.54, 1.807) is 29.2 Å². The smallest absolute Gasteiger partial charge is 0.214 e. The number of hydrogen-bond acceptors (Lipinski definition) is 5. The number of anilines is 2. The number of rotatable bonds is 6. The molecule has 1 heterocycles. The highest BCUT2D eigenvalue weighted by atomic mass is 32.2. The molecule has 36 heavy (non-hydrogen) atoms. The van der Waals surface area contributed by atoms with E-state index in [-0.39, 0.29) is 9.80 Å². The van der Waals surface area contributed by atoms with Crippen molar-refractivity contribution in [3.63, 3.8) is 0 Å². The maximum absolute atomic E-state index is 13.5. The second kappa shape index (κ2) is 9.47. The van der Waals surface area contributed by atoms with Gasteiger partial charge in [-0.2, -0.15) is 0 Å². The normalized spacial score (nSPS) is 14.1. The van der Waals surface area contributed by atoms with Gasteiger partial charge in [0, 0.05) is 17.5 Å². The maximum atomic E-state index is 13.5. The molecule has 180 valence electrons. The molecule has 0 spiro atoms. The van der Waals surface area contributed by atoms with Crippen molar-refractivity contribution in [1.82, 2.24) is 0 Å². The number of sulfone groups is 1. The minimum Gasteiger partial charge on any atom is -0.489 e. The summed E-state index contributed by atoms with van der Waals surface area (Å²) in [5.41, 5.74) is 4.39. The molecule has 5 nitrogen and oxygen atoms in total. The zero-order chi connectivity index (χ0) is 25.3. The van der Waals surface area contributed by atoms with E-state index >= 15 is 0 Å². The van der Waals surface area contributed by atoms with Gasteiger partial charge in [-0.25, -0.2) is 8.42 Å². The fourth-order valence-corrected chi connectivity index (χ4v) is 5.83. The van der Waals surface area contributed by atoms with Crippen LogP contribution in [0, 0.1) is 13.8 Å². The molecule has 0 aromatic heterocycles. The van der Waals surface area contributed by atoms with E-state index in [0.717, 1.165) is 22.4 Å². The van der Waals surface area contributed by atoms with Gasteiger partial charge < -0.3 is 9.64 Å². The van der Waals surface area contributed by atoms with Crippen molar-refractivity contribution in [2.45, 2.75) is 25.3 Å². The van der Waals surface area contributed by atoms with Crippen molar-refractivity contribution in [2.75, 3.05) is 4.90 Å². The molecule has 5 rings (SSSR count). The summed E-state index contributed by atoms with van der Waals surface area (Å²) in [6.45, 7) is 4.19. The van der Waals surface area contributed by atoms with E-state index in [1.165, 1.54) is 12.3 Å². The lowest BCUT2D eigenvalue weighted by Gasteiger charge is -2.29. The Kier molecular flexibility index (Phi) is 6.20. The molecule has 0 saturated heterocycles. The molecule has 0 atom stereocenters. The van der Waals surface area contributed by atoms with Crippen molar-refractivity contribution >= 4 is 27.0 Å². The molecular formula is C30H25NO4S. The van der Waals surface area contributed by atoms with Gasteiger partial charge >= 0.3 is 0 Å². The molecule has 0 bridgehead atoms. The van der Waals surface area contributed by atoms with Crippen LogP contribution >= 0.6 is 0 Å². The van der Waals surface area contributed by atoms with Gasteiger partial charge in [-0.05, 0) is 61.4 Å². The Bertz CT molecular complexity index is 1570. The molecule has 4 aromatic rings. The number of carbonyl (C=O) groups excluding carboxylic acids is 1. The lowest BCUT2D eigenvalue weighted by molar-refractivity contribution is 0.104. The number of nitrogens with zero attached hydrogens (tertiary/aromatic N) is 1. The largest absolute Gasteiger partial charge is 0.489 e. The van der Waals surface area contributed by atoms with Crippen LogP contribution in [-0.2, 0) is 16.4 Å². The molecule has 0 unspecified atom stereocenters. The monoisotopic (exact) mass is 495 g/mol. The summed E-state index contributed by atoms with van der Waals surface area (Å²) in [5.74, 6) is 0.172. The third-order valence-electron chi connectivity index (χ3n) is 6.16. The molecule has 0 aliphatic carbocycles. The number of carbonyl (C=O) groups is 1. The number of fused-ring (bicyclic) bond motifs is 1. The first kappa shape index (κ1) is 23.6. The fourth-order valence-electron chi connectivity index (χ4n) is 4.30. The Balaban J connectivity index is 1.51. The third kappa shape index (κ3) is 4.43. The maximum Gasteiger partial charge on any atom is 0.214 e. The predicted molar refractivity (Wildman–Crippen MR) is 141 cm³/mol.